The Labute approximate surface area is 213 Å². The molecule has 13 nitrogen and oxygen atoms in total. The molecule has 0 saturated carbocycles. The Hall–Kier alpha value is -1.71. The lowest BCUT2D eigenvalue weighted by Gasteiger charge is -2.08. The molecule has 0 aliphatic rings. The van der Waals surface area contributed by atoms with Crippen LogP contribution in [0.1, 0.15) is 19.8 Å². The minimum Gasteiger partial charge on any atom is -0.379 e. The third-order valence-corrected chi connectivity index (χ3v) is 4.14. The third kappa shape index (κ3) is 30.3. The molecule has 0 fully saturated rings. The van der Waals surface area contributed by atoms with Crippen LogP contribution in [0.2, 0.25) is 0 Å². The first-order valence-corrected chi connectivity index (χ1v) is 12.2. The van der Waals surface area contributed by atoms with Gasteiger partial charge in [0.2, 0.25) is 11.8 Å². The van der Waals surface area contributed by atoms with E-state index < -0.39 is 5.91 Å². The van der Waals surface area contributed by atoms with Crippen LogP contribution in [-0.4, -0.2) is 130 Å². The van der Waals surface area contributed by atoms with Crippen molar-refractivity contribution in [3.05, 3.63) is 0 Å². The molecule has 212 valence electrons. The van der Waals surface area contributed by atoms with Gasteiger partial charge >= 0.3 is 0 Å². The van der Waals surface area contributed by atoms with Gasteiger partial charge in [-0.05, 0) is 6.92 Å². The van der Waals surface area contributed by atoms with E-state index in [0.29, 0.717) is 106 Å². The van der Waals surface area contributed by atoms with E-state index in [4.69, 9.17) is 43.6 Å². The summed E-state index contributed by atoms with van der Waals surface area (Å²) in [7, 11) is 0. The van der Waals surface area contributed by atoms with Gasteiger partial charge in [-0.1, -0.05) is 0 Å². The van der Waals surface area contributed by atoms with E-state index in [1.54, 1.807) is 0 Å². The zero-order valence-corrected chi connectivity index (χ0v) is 21.5. The molecule has 0 aromatic rings. The molecular weight excluding hydrogens is 480 g/mol. The Morgan fingerprint density at radius 2 is 0.778 bits per heavy atom. The number of ketones is 1. The van der Waals surface area contributed by atoms with Gasteiger partial charge in [-0.3, -0.25) is 14.4 Å². The standard InChI is InChI=1S/C23H44N2O11/c1-21(26)2-4-29-6-8-31-10-12-33-14-16-35-18-19-36-17-15-34-13-11-32-9-7-30-5-3-23(28)25-20-22(24)27/h2-20H2,1H3,(H2,24,27)(H,25,28). The molecule has 0 unspecified atom stereocenters. The number of carbonyl (C=O) groups is 3. The van der Waals surface area contributed by atoms with Crippen molar-refractivity contribution in [2.24, 2.45) is 5.73 Å². The second-order valence-electron chi connectivity index (χ2n) is 7.34. The van der Waals surface area contributed by atoms with E-state index in [0.717, 1.165) is 0 Å². The van der Waals surface area contributed by atoms with Crippen molar-refractivity contribution in [1.82, 2.24) is 5.32 Å². The van der Waals surface area contributed by atoms with Gasteiger partial charge in [0, 0.05) is 12.8 Å². The number of Topliss-reactive ketones (excluding diaryl/α,β-unsaturated/α-hetero) is 1. The topological polar surface area (TPSA) is 163 Å². The molecule has 0 aliphatic heterocycles. The zero-order valence-electron chi connectivity index (χ0n) is 21.5. The van der Waals surface area contributed by atoms with E-state index in [2.05, 4.69) is 5.32 Å². The summed E-state index contributed by atoms with van der Waals surface area (Å²) < 4.78 is 42.8. The van der Waals surface area contributed by atoms with Crippen LogP contribution in [0.3, 0.4) is 0 Å². The molecule has 0 aliphatic carbocycles. The maximum absolute atomic E-state index is 11.3. The summed E-state index contributed by atoms with van der Waals surface area (Å²) in [6.45, 7) is 8.47. The SMILES string of the molecule is CC(=O)CCOCCOCCOCCOCCOCCOCCOCCOCCC(=O)NCC(N)=O. The highest BCUT2D eigenvalue weighted by molar-refractivity contribution is 5.83. The third-order valence-electron chi connectivity index (χ3n) is 4.14. The maximum atomic E-state index is 11.3. The van der Waals surface area contributed by atoms with Crippen molar-refractivity contribution in [3.63, 3.8) is 0 Å². The second kappa shape index (κ2) is 27.9. The predicted octanol–water partition coefficient (Wildman–Crippen LogP) is -0.910. The summed E-state index contributed by atoms with van der Waals surface area (Å²) in [6, 6.07) is 0. The molecule has 0 bridgehead atoms. The molecule has 0 aromatic carbocycles. The number of primary amides is 1. The fourth-order valence-corrected chi connectivity index (χ4v) is 2.30. The van der Waals surface area contributed by atoms with Crippen LogP contribution < -0.4 is 11.1 Å². The maximum Gasteiger partial charge on any atom is 0.236 e. The van der Waals surface area contributed by atoms with Crippen LogP contribution in [0.25, 0.3) is 0 Å². The number of rotatable bonds is 29. The van der Waals surface area contributed by atoms with Gasteiger partial charge in [-0.2, -0.15) is 0 Å². The molecular formula is C23H44N2O11. The van der Waals surface area contributed by atoms with E-state index in [9.17, 15) is 14.4 Å². The zero-order chi connectivity index (χ0) is 26.5. The molecule has 13 heteroatoms. The molecule has 0 atom stereocenters. The van der Waals surface area contributed by atoms with E-state index in [1.165, 1.54) is 6.92 Å². The van der Waals surface area contributed by atoms with Gasteiger partial charge in [0.05, 0.1) is 112 Å². The van der Waals surface area contributed by atoms with Crippen molar-refractivity contribution in [1.29, 1.82) is 0 Å². The highest BCUT2D eigenvalue weighted by atomic mass is 16.6. The summed E-state index contributed by atoms with van der Waals surface area (Å²) in [6.07, 6.45) is 0.595. The van der Waals surface area contributed by atoms with Crippen LogP contribution in [-0.2, 0) is 52.3 Å². The first-order chi connectivity index (χ1) is 17.5. The predicted molar refractivity (Wildman–Crippen MR) is 129 cm³/mol. The van der Waals surface area contributed by atoms with Crippen molar-refractivity contribution >= 4 is 17.6 Å². The van der Waals surface area contributed by atoms with Gasteiger partial charge in [0.15, 0.2) is 0 Å². The Morgan fingerprint density at radius 1 is 0.500 bits per heavy atom. The summed E-state index contributed by atoms with van der Waals surface area (Å²) in [5.74, 6) is -0.753. The average molecular weight is 525 g/mol. The molecule has 36 heavy (non-hydrogen) atoms. The van der Waals surface area contributed by atoms with Crippen LogP contribution >= 0.6 is 0 Å². The van der Waals surface area contributed by atoms with Gasteiger partial charge < -0.3 is 48.9 Å². The first-order valence-electron chi connectivity index (χ1n) is 12.2. The molecule has 0 rings (SSSR count). The molecule has 3 N–H and O–H groups in total. The lowest BCUT2D eigenvalue weighted by atomic mass is 10.3. The molecule has 0 heterocycles. The monoisotopic (exact) mass is 524 g/mol. The molecule has 0 saturated heterocycles. The molecule has 0 spiro atoms. The van der Waals surface area contributed by atoms with Crippen molar-refractivity contribution < 1.29 is 52.3 Å². The minimum atomic E-state index is -0.584. The smallest absolute Gasteiger partial charge is 0.236 e. The number of hydrogen-bond donors (Lipinski definition) is 2. The first kappa shape index (κ1) is 34.3. The van der Waals surface area contributed by atoms with Crippen LogP contribution in [0.15, 0.2) is 0 Å². The second-order valence-corrected chi connectivity index (χ2v) is 7.34. The van der Waals surface area contributed by atoms with Gasteiger partial charge in [-0.15, -0.1) is 0 Å². The van der Waals surface area contributed by atoms with Crippen molar-refractivity contribution in [2.75, 3.05) is 112 Å². The van der Waals surface area contributed by atoms with Crippen molar-refractivity contribution in [2.45, 2.75) is 19.8 Å². The lowest BCUT2D eigenvalue weighted by molar-refractivity contribution is -0.125. The normalized spacial score (nSPS) is 11.0. The summed E-state index contributed by atoms with van der Waals surface area (Å²) in [4.78, 5) is 32.6. The summed E-state index contributed by atoms with van der Waals surface area (Å²) in [5.41, 5.74) is 4.93. The van der Waals surface area contributed by atoms with Crippen LogP contribution in [0.4, 0.5) is 0 Å². The number of nitrogens with one attached hydrogen (secondary N) is 1. The molecule has 0 radical (unpaired) electrons. The lowest BCUT2D eigenvalue weighted by Crippen LogP contribution is -2.33. The van der Waals surface area contributed by atoms with Gasteiger partial charge in [0.1, 0.15) is 5.78 Å². The molecule has 0 aromatic heterocycles. The largest absolute Gasteiger partial charge is 0.379 e. The highest BCUT2D eigenvalue weighted by Crippen LogP contribution is 1.88. The Morgan fingerprint density at radius 3 is 1.06 bits per heavy atom. The molecule has 2 amide bonds. The fraction of sp³-hybridized carbons (Fsp3) is 0.870. The van der Waals surface area contributed by atoms with Gasteiger partial charge in [-0.25, -0.2) is 0 Å². The quantitative estimate of drug-likeness (QED) is 0.116. The van der Waals surface area contributed by atoms with Gasteiger partial charge in [0.25, 0.3) is 0 Å². The van der Waals surface area contributed by atoms with Crippen LogP contribution in [0, 0.1) is 0 Å². The Balaban J connectivity index is 3.09. The fourth-order valence-electron chi connectivity index (χ4n) is 2.30. The number of nitrogens with two attached hydrogens (primary N) is 1. The number of hydrogen-bond acceptors (Lipinski definition) is 11. The van der Waals surface area contributed by atoms with E-state index in [-0.39, 0.29) is 31.3 Å². The summed E-state index contributed by atoms with van der Waals surface area (Å²) >= 11 is 0. The Kier molecular flexibility index (Phi) is 26.5. The highest BCUT2D eigenvalue weighted by Gasteiger charge is 2.02. The van der Waals surface area contributed by atoms with Crippen LogP contribution in [0.5, 0.6) is 0 Å². The Bertz CT molecular complexity index is 538. The minimum absolute atomic E-state index is 0.118. The van der Waals surface area contributed by atoms with Crippen molar-refractivity contribution in [3.8, 4) is 0 Å². The number of carbonyl (C=O) groups excluding carboxylic acids is 3. The van der Waals surface area contributed by atoms with E-state index in [1.807, 2.05) is 0 Å². The average Bonchev–Trinajstić information content (AvgIpc) is 2.84. The number of ether oxygens (including phenoxy) is 8. The van der Waals surface area contributed by atoms with E-state index >= 15 is 0 Å². The summed E-state index contributed by atoms with van der Waals surface area (Å²) in [5, 5.41) is 2.38. The number of amides is 2.